The number of halogens is 4. The minimum absolute atomic E-state index is 0.0890. The van der Waals surface area contributed by atoms with E-state index >= 15 is 0 Å². The highest BCUT2D eigenvalue weighted by Gasteiger charge is 2.31. The first kappa shape index (κ1) is 21.8. The van der Waals surface area contributed by atoms with Gasteiger partial charge in [-0.25, -0.2) is 9.18 Å². The molecule has 0 spiro atoms. The molecule has 0 radical (unpaired) electrons. The maximum absolute atomic E-state index is 13.1. The molecule has 0 saturated heterocycles. The largest absolute Gasteiger partial charge is 0.573 e. The molecule has 0 bridgehead atoms. The standard InChI is InChI=1S/C22H15F4NO4/c23-17-7-1-14(2-8-17)13-27(20(28)21(29)30)18-9-3-15(4-10-18)16-5-11-19(12-6-16)31-22(24,25)26/h1-12H,13H2,(H,29,30). The molecule has 1 N–H and O–H groups in total. The number of benzene rings is 3. The monoisotopic (exact) mass is 433 g/mol. The Kier molecular flexibility index (Phi) is 6.24. The van der Waals surface area contributed by atoms with Crippen LogP contribution in [0.4, 0.5) is 23.2 Å². The molecular weight excluding hydrogens is 418 g/mol. The number of carbonyl (C=O) groups excluding carboxylic acids is 1. The van der Waals surface area contributed by atoms with E-state index in [1.165, 1.54) is 60.7 Å². The number of alkyl halides is 3. The van der Waals surface area contributed by atoms with E-state index in [0.717, 1.165) is 4.90 Å². The van der Waals surface area contributed by atoms with Gasteiger partial charge in [0.25, 0.3) is 0 Å². The number of carboxylic acid groups (broad SMARTS) is 1. The van der Waals surface area contributed by atoms with E-state index in [1.54, 1.807) is 12.1 Å². The Bertz CT molecular complexity index is 1060. The summed E-state index contributed by atoms with van der Waals surface area (Å²) in [5.74, 6) is -3.63. The maximum Gasteiger partial charge on any atom is 0.573 e. The molecule has 0 aliphatic rings. The second-order valence-corrected chi connectivity index (χ2v) is 6.44. The summed E-state index contributed by atoms with van der Waals surface area (Å²) in [5.41, 5.74) is 2.04. The Morgan fingerprint density at radius 1 is 0.839 bits per heavy atom. The third-order valence-electron chi connectivity index (χ3n) is 4.28. The Labute approximate surface area is 174 Å². The van der Waals surface area contributed by atoms with E-state index in [0.29, 0.717) is 16.7 Å². The van der Waals surface area contributed by atoms with Gasteiger partial charge in [0, 0.05) is 5.69 Å². The van der Waals surface area contributed by atoms with Crippen molar-refractivity contribution in [3.63, 3.8) is 0 Å². The lowest BCUT2D eigenvalue weighted by molar-refractivity contribution is -0.274. The molecular formula is C22H15F4NO4. The molecule has 31 heavy (non-hydrogen) atoms. The number of carbonyl (C=O) groups is 2. The zero-order valence-corrected chi connectivity index (χ0v) is 15.8. The number of ether oxygens (including phenoxy) is 1. The van der Waals surface area contributed by atoms with E-state index in [1.807, 2.05) is 0 Å². The lowest BCUT2D eigenvalue weighted by Crippen LogP contribution is -2.36. The van der Waals surface area contributed by atoms with Gasteiger partial charge < -0.3 is 9.84 Å². The van der Waals surface area contributed by atoms with Crippen molar-refractivity contribution in [2.24, 2.45) is 0 Å². The third-order valence-corrected chi connectivity index (χ3v) is 4.28. The van der Waals surface area contributed by atoms with Gasteiger partial charge in [0.05, 0.1) is 6.54 Å². The van der Waals surface area contributed by atoms with Crippen LogP contribution in [0.25, 0.3) is 11.1 Å². The molecule has 3 aromatic carbocycles. The molecule has 1 amide bonds. The average Bonchev–Trinajstić information content (AvgIpc) is 2.72. The SMILES string of the molecule is O=C(O)C(=O)N(Cc1ccc(F)cc1)c1ccc(-c2ccc(OC(F)(F)F)cc2)cc1. The summed E-state index contributed by atoms with van der Waals surface area (Å²) in [6.07, 6.45) is -4.78. The van der Waals surface area contributed by atoms with Gasteiger partial charge in [0.1, 0.15) is 11.6 Å². The molecule has 0 fully saturated rings. The number of rotatable bonds is 5. The Morgan fingerprint density at radius 2 is 1.35 bits per heavy atom. The Hall–Kier alpha value is -3.88. The lowest BCUT2D eigenvalue weighted by Gasteiger charge is -2.21. The Morgan fingerprint density at radius 3 is 1.84 bits per heavy atom. The van der Waals surface area contributed by atoms with Crippen LogP contribution in [0.15, 0.2) is 72.8 Å². The molecule has 3 rings (SSSR count). The fourth-order valence-electron chi connectivity index (χ4n) is 2.85. The summed E-state index contributed by atoms with van der Waals surface area (Å²) >= 11 is 0. The van der Waals surface area contributed by atoms with Crippen molar-refractivity contribution in [3.8, 4) is 16.9 Å². The van der Waals surface area contributed by atoms with Crippen LogP contribution in [0, 0.1) is 5.82 Å². The molecule has 0 heterocycles. The highest BCUT2D eigenvalue weighted by Crippen LogP contribution is 2.28. The van der Waals surface area contributed by atoms with Crippen LogP contribution in [0.1, 0.15) is 5.56 Å². The van der Waals surface area contributed by atoms with Gasteiger partial charge in [0.2, 0.25) is 0 Å². The third kappa shape index (κ3) is 5.81. The van der Waals surface area contributed by atoms with Crippen molar-refractivity contribution < 1.29 is 37.0 Å². The highest BCUT2D eigenvalue weighted by molar-refractivity contribution is 6.37. The lowest BCUT2D eigenvalue weighted by atomic mass is 10.0. The molecule has 9 heteroatoms. The molecule has 5 nitrogen and oxygen atoms in total. The molecule has 0 unspecified atom stereocenters. The van der Waals surface area contributed by atoms with E-state index in [9.17, 15) is 27.2 Å². The number of nitrogens with zero attached hydrogens (tertiary/aromatic N) is 1. The first-order valence-electron chi connectivity index (χ1n) is 8.88. The minimum atomic E-state index is -4.78. The number of aliphatic carboxylic acids is 1. The molecule has 0 aliphatic heterocycles. The minimum Gasteiger partial charge on any atom is -0.474 e. The second-order valence-electron chi connectivity index (χ2n) is 6.44. The van der Waals surface area contributed by atoms with Crippen LogP contribution in [0.5, 0.6) is 5.75 Å². The molecule has 0 atom stereocenters. The number of hydrogen-bond acceptors (Lipinski definition) is 3. The number of amides is 1. The predicted octanol–water partition coefficient (Wildman–Crippen LogP) is 5.01. The number of hydrogen-bond donors (Lipinski definition) is 1. The molecule has 0 aliphatic carbocycles. The molecule has 3 aromatic rings. The van der Waals surface area contributed by atoms with Gasteiger partial charge in [-0.1, -0.05) is 36.4 Å². The maximum atomic E-state index is 13.1. The summed E-state index contributed by atoms with van der Waals surface area (Å²) in [6, 6.07) is 16.7. The topological polar surface area (TPSA) is 66.8 Å². The van der Waals surface area contributed by atoms with Crippen molar-refractivity contribution in [1.82, 2.24) is 0 Å². The van der Waals surface area contributed by atoms with E-state index in [-0.39, 0.29) is 18.0 Å². The molecule has 160 valence electrons. The van der Waals surface area contributed by atoms with Crippen molar-refractivity contribution >= 4 is 17.6 Å². The number of carboxylic acids is 1. The van der Waals surface area contributed by atoms with Crippen LogP contribution in [-0.2, 0) is 16.1 Å². The first-order valence-corrected chi connectivity index (χ1v) is 8.88. The smallest absolute Gasteiger partial charge is 0.474 e. The van der Waals surface area contributed by atoms with E-state index in [2.05, 4.69) is 4.74 Å². The van der Waals surface area contributed by atoms with Crippen LogP contribution in [0.3, 0.4) is 0 Å². The van der Waals surface area contributed by atoms with Crippen LogP contribution >= 0.6 is 0 Å². The van der Waals surface area contributed by atoms with Crippen molar-refractivity contribution in [1.29, 1.82) is 0 Å². The van der Waals surface area contributed by atoms with Gasteiger partial charge in [-0.15, -0.1) is 13.2 Å². The quantitative estimate of drug-likeness (QED) is 0.454. The zero-order chi connectivity index (χ0) is 22.6. The van der Waals surface area contributed by atoms with E-state index < -0.39 is 24.1 Å². The van der Waals surface area contributed by atoms with Gasteiger partial charge in [-0.2, -0.15) is 0 Å². The average molecular weight is 433 g/mol. The summed E-state index contributed by atoms with van der Waals surface area (Å²) in [5, 5.41) is 9.13. The predicted molar refractivity (Wildman–Crippen MR) is 104 cm³/mol. The normalized spacial score (nSPS) is 11.1. The molecule has 0 aromatic heterocycles. The van der Waals surface area contributed by atoms with Crippen molar-refractivity contribution in [2.45, 2.75) is 12.9 Å². The first-order chi connectivity index (χ1) is 14.6. The zero-order valence-electron chi connectivity index (χ0n) is 15.8. The van der Waals surface area contributed by atoms with Crippen LogP contribution < -0.4 is 9.64 Å². The fraction of sp³-hybridized carbons (Fsp3) is 0.0909. The fourth-order valence-corrected chi connectivity index (χ4v) is 2.85. The molecule has 0 saturated carbocycles. The van der Waals surface area contributed by atoms with Crippen LogP contribution in [-0.4, -0.2) is 23.3 Å². The second kappa shape index (κ2) is 8.86. The van der Waals surface area contributed by atoms with Gasteiger partial charge in [-0.05, 0) is 53.1 Å². The van der Waals surface area contributed by atoms with Gasteiger partial charge in [0.15, 0.2) is 0 Å². The van der Waals surface area contributed by atoms with Crippen molar-refractivity contribution in [2.75, 3.05) is 4.90 Å². The highest BCUT2D eigenvalue weighted by atomic mass is 19.4. The van der Waals surface area contributed by atoms with Gasteiger partial charge in [-0.3, -0.25) is 9.69 Å². The van der Waals surface area contributed by atoms with Crippen molar-refractivity contribution in [3.05, 3.63) is 84.2 Å². The summed E-state index contributed by atoms with van der Waals surface area (Å²) in [6.45, 7) is -0.0890. The van der Waals surface area contributed by atoms with Crippen LogP contribution in [0.2, 0.25) is 0 Å². The summed E-state index contributed by atoms with van der Waals surface area (Å²) < 4.78 is 53.7. The Balaban J connectivity index is 1.83. The van der Waals surface area contributed by atoms with Gasteiger partial charge >= 0.3 is 18.2 Å². The number of anilines is 1. The summed E-state index contributed by atoms with van der Waals surface area (Å²) in [4.78, 5) is 24.4. The summed E-state index contributed by atoms with van der Waals surface area (Å²) in [7, 11) is 0. The van der Waals surface area contributed by atoms with E-state index in [4.69, 9.17) is 5.11 Å².